The van der Waals surface area contributed by atoms with E-state index in [1.54, 1.807) is 61.8 Å². The van der Waals surface area contributed by atoms with Crippen LogP contribution in [0.3, 0.4) is 0 Å². The normalized spacial score (nSPS) is 12.8. The topological polar surface area (TPSA) is 129 Å². The van der Waals surface area contributed by atoms with E-state index in [0.29, 0.717) is 12.8 Å². The molecule has 2 aromatic carbocycles. The lowest BCUT2D eigenvalue weighted by atomic mass is 9.95. The molecule has 2 amide bonds. The van der Waals surface area contributed by atoms with Gasteiger partial charge >= 0.3 is 12.2 Å². The molecule has 2 rings (SSSR count). The fourth-order valence-electron chi connectivity index (χ4n) is 4.33. The van der Waals surface area contributed by atoms with Gasteiger partial charge in [0.2, 0.25) is 0 Å². The van der Waals surface area contributed by atoms with Crippen molar-refractivity contribution in [3.8, 4) is 11.5 Å². The van der Waals surface area contributed by atoms with Gasteiger partial charge in [0.25, 0.3) is 0 Å². The molecule has 0 aromatic heterocycles. The summed E-state index contributed by atoms with van der Waals surface area (Å²) in [5.41, 5.74) is 0.685. The highest BCUT2D eigenvalue weighted by molar-refractivity contribution is 5.99. The summed E-state index contributed by atoms with van der Waals surface area (Å²) in [6.45, 7) is 18.3. The number of rotatable bonds is 13. The maximum Gasteiger partial charge on any atom is 0.408 e. The summed E-state index contributed by atoms with van der Waals surface area (Å²) in [5.74, 6) is 1.25. The quantitative estimate of drug-likeness (QED) is 0.209. The van der Waals surface area contributed by atoms with Crippen LogP contribution in [0.5, 0.6) is 11.5 Å². The van der Waals surface area contributed by atoms with Crippen LogP contribution in [0.25, 0.3) is 6.08 Å². The molecule has 48 heavy (non-hydrogen) atoms. The number of alkyl carbamates (subject to hydrolysis) is 2. The molecule has 2 N–H and O–H groups in total. The predicted molar refractivity (Wildman–Crippen MR) is 189 cm³/mol. The summed E-state index contributed by atoms with van der Waals surface area (Å²) in [4.78, 5) is 48.8. The predicted octanol–water partition coefficient (Wildman–Crippen LogP) is 7.57. The Morgan fingerprint density at radius 2 is 1.19 bits per heavy atom. The second-order valence-corrected chi connectivity index (χ2v) is 14.1. The third-order valence-electron chi connectivity index (χ3n) is 6.66. The smallest absolute Gasteiger partial charge is 0.408 e. The lowest BCUT2D eigenvalue weighted by Crippen LogP contribution is -2.46. The van der Waals surface area contributed by atoms with E-state index in [9.17, 15) is 19.2 Å². The molecule has 0 spiro atoms. The van der Waals surface area contributed by atoms with Crippen molar-refractivity contribution in [2.24, 2.45) is 11.8 Å². The highest BCUT2D eigenvalue weighted by Crippen LogP contribution is 2.17. The maximum atomic E-state index is 12.5. The van der Waals surface area contributed by atoms with Crippen molar-refractivity contribution in [2.45, 2.75) is 105 Å². The van der Waals surface area contributed by atoms with Crippen molar-refractivity contribution in [3.05, 3.63) is 65.7 Å². The average Bonchev–Trinajstić information content (AvgIpc) is 2.98. The van der Waals surface area contributed by atoms with Crippen molar-refractivity contribution in [1.29, 1.82) is 0 Å². The van der Waals surface area contributed by atoms with Crippen LogP contribution in [0.2, 0.25) is 0 Å². The molecule has 10 nitrogen and oxygen atoms in total. The molecule has 0 aliphatic heterocycles. The van der Waals surface area contributed by atoms with Gasteiger partial charge in [0.15, 0.2) is 11.6 Å². The molecule has 0 bridgehead atoms. The average molecular weight is 669 g/mol. The highest BCUT2D eigenvalue weighted by Gasteiger charge is 2.27. The lowest BCUT2D eigenvalue weighted by molar-refractivity contribution is -0.122. The van der Waals surface area contributed by atoms with Crippen LogP contribution in [0.1, 0.15) is 86.8 Å². The first-order valence-corrected chi connectivity index (χ1v) is 16.2. The molecule has 0 unspecified atom stereocenters. The van der Waals surface area contributed by atoms with E-state index >= 15 is 0 Å². The Bertz CT molecular complexity index is 1370. The third kappa shape index (κ3) is 17.0. The molecule has 2 atom stereocenters. The summed E-state index contributed by atoms with van der Waals surface area (Å²) in [7, 11) is 3.21. The molecular weight excluding hydrogens is 612 g/mol. The fourth-order valence-corrected chi connectivity index (χ4v) is 4.33. The number of hydrogen-bond acceptors (Lipinski definition) is 8. The minimum atomic E-state index is -0.637. The van der Waals surface area contributed by atoms with Gasteiger partial charge in [0.05, 0.1) is 26.3 Å². The number of benzene rings is 2. The Morgan fingerprint density at radius 1 is 0.708 bits per heavy atom. The summed E-state index contributed by atoms with van der Waals surface area (Å²) >= 11 is 0. The van der Waals surface area contributed by atoms with Crippen molar-refractivity contribution < 1.29 is 38.1 Å². The standard InChI is InChI=1S/C19H29NO4.C19H27NO4/c2*1-13(2)17(20-18(22)24-19(3,4)5)16(21)11-10-14-8-7-9-15(12-14)23-6/h7-9,12-13,17H,10-11H2,1-6H3,(H,20,22);7-13,17H,1-6H3,(H,20,22)/b;11-10+/t2*17-/m11/s1. The van der Waals surface area contributed by atoms with Gasteiger partial charge in [-0.15, -0.1) is 0 Å². The number of Topliss-reactive ketones (excluding diaryl/α,β-unsaturated/α-hetero) is 1. The van der Waals surface area contributed by atoms with Gasteiger partial charge in [-0.25, -0.2) is 9.59 Å². The van der Waals surface area contributed by atoms with Gasteiger partial charge in [-0.1, -0.05) is 58.0 Å². The number of carbonyl (C=O) groups is 4. The number of ketones is 2. The number of methoxy groups -OCH3 is 2. The number of nitrogens with one attached hydrogen (secondary N) is 2. The fraction of sp³-hybridized carbons (Fsp3) is 0.526. The van der Waals surface area contributed by atoms with Crippen LogP contribution >= 0.6 is 0 Å². The van der Waals surface area contributed by atoms with Crippen LogP contribution in [-0.4, -0.2) is 61.3 Å². The van der Waals surface area contributed by atoms with Crippen LogP contribution in [-0.2, 0) is 25.5 Å². The Morgan fingerprint density at radius 3 is 1.67 bits per heavy atom. The Hall–Kier alpha value is -4.34. The van der Waals surface area contributed by atoms with E-state index < -0.39 is 35.5 Å². The monoisotopic (exact) mass is 668 g/mol. The molecule has 10 heteroatoms. The number of carbonyl (C=O) groups excluding carboxylic acids is 4. The van der Waals surface area contributed by atoms with Crippen LogP contribution in [0.15, 0.2) is 54.6 Å². The van der Waals surface area contributed by atoms with Gasteiger partial charge in [0, 0.05) is 6.42 Å². The summed E-state index contributed by atoms with van der Waals surface area (Å²) < 4.78 is 20.8. The number of amides is 2. The highest BCUT2D eigenvalue weighted by atomic mass is 16.6. The first kappa shape index (κ1) is 41.7. The number of hydrogen-bond donors (Lipinski definition) is 2. The minimum Gasteiger partial charge on any atom is -0.497 e. The van der Waals surface area contributed by atoms with E-state index in [2.05, 4.69) is 10.6 Å². The number of aryl methyl sites for hydroxylation is 1. The minimum absolute atomic E-state index is 0.00122. The van der Waals surface area contributed by atoms with Gasteiger partial charge in [-0.3, -0.25) is 9.59 Å². The summed E-state index contributed by atoms with van der Waals surface area (Å²) in [6, 6.07) is 13.8. The summed E-state index contributed by atoms with van der Waals surface area (Å²) in [5, 5.41) is 5.34. The van der Waals surface area contributed by atoms with Gasteiger partial charge in [0.1, 0.15) is 22.7 Å². The molecule has 0 saturated carbocycles. The first-order chi connectivity index (χ1) is 22.2. The van der Waals surface area contributed by atoms with Gasteiger partial charge in [-0.05, 0) is 101 Å². The van der Waals surface area contributed by atoms with Crippen molar-refractivity contribution in [1.82, 2.24) is 10.6 Å². The SMILES string of the molecule is COc1cccc(/C=C/C(=O)[C@H](NC(=O)OC(C)(C)C)C(C)C)c1.COc1cccc(CCC(=O)[C@H](NC(=O)OC(C)(C)C)C(C)C)c1. The van der Waals surface area contributed by atoms with E-state index in [4.69, 9.17) is 18.9 Å². The molecule has 0 heterocycles. The van der Waals surface area contributed by atoms with Crippen molar-refractivity contribution in [2.75, 3.05) is 14.2 Å². The Labute approximate surface area is 286 Å². The molecule has 0 aliphatic carbocycles. The zero-order valence-electron chi connectivity index (χ0n) is 30.8. The summed E-state index contributed by atoms with van der Waals surface area (Å²) in [6.07, 6.45) is 2.98. The van der Waals surface area contributed by atoms with Gasteiger partial charge in [-0.2, -0.15) is 0 Å². The van der Waals surface area contributed by atoms with Crippen LogP contribution in [0, 0.1) is 11.8 Å². The van der Waals surface area contributed by atoms with Gasteiger partial charge < -0.3 is 29.6 Å². The number of ether oxygens (including phenoxy) is 4. The molecule has 2 aromatic rings. The second-order valence-electron chi connectivity index (χ2n) is 14.1. The van der Waals surface area contributed by atoms with E-state index in [0.717, 1.165) is 22.6 Å². The van der Waals surface area contributed by atoms with E-state index in [1.165, 1.54) is 6.08 Å². The first-order valence-electron chi connectivity index (χ1n) is 16.2. The zero-order valence-corrected chi connectivity index (χ0v) is 30.8. The van der Waals surface area contributed by atoms with Crippen molar-refractivity contribution in [3.63, 3.8) is 0 Å². The van der Waals surface area contributed by atoms with E-state index in [1.807, 2.05) is 76.2 Å². The second kappa shape index (κ2) is 19.5. The molecule has 266 valence electrons. The molecular formula is C38H56N2O8. The lowest BCUT2D eigenvalue weighted by Gasteiger charge is -2.25. The molecule has 0 saturated heterocycles. The molecule has 0 aliphatic rings. The van der Waals surface area contributed by atoms with Crippen LogP contribution in [0.4, 0.5) is 9.59 Å². The largest absolute Gasteiger partial charge is 0.497 e. The molecule has 0 fully saturated rings. The maximum absolute atomic E-state index is 12.5. The van der Waals surface area contributed by atoms with Crippen molar-refractivity contribution >= 4 is 29.8 Å². The Balaban J connectivity index is 0.000000480. The van der Waals surface area contributed by atoms with Crippen LogP contribution < -0.4 is 20.1 Å². The Kier molecular flexibility index (Phi) is 16.9. The molecule has 0 radical (unpaired) electrons. The third-order valence-corrected chi connectivity index (χ3v) is 6.66. The zero-order chi connectivity index (χ0) is 36.7. The van der Waals surface area contributed by atoms with E-state index in [-0.39, 0.29) is 23.4 Å².